The number of anilines is 2. The fourth-order valence-corrected chi connectivity index (χ4v) is 4.40. The Hall–Kier alpha value is -3.46. The summed E-state index contributed by atoms with van der Waals surface area (Å²) in [6.45, 7) is 5.58. The number of aromatic nitrogens is 1. The fraction of sp³-hybridized carbons (Fsp3) is 0.364. The van der Waals surface area contributed by atoms with Crippen LogP contribution in [-0.4, -0.2) is 51.7 Å². The molecule has 0 spiro atoms. The van der Waals surface area contributed by atoms with Gasteiger partial charge in [0, 0.05) is 18.7 Å². The number of carbonyl (C=O) groups excluding carboxylic acids is 1. The summed E-state index contributed by atoms with van der Waals surface area (Å²) in [6.07, 6.45) is 0. The van der Waals surface area contributed by atoms with Crippen molar-refractivity contribution in [1.82, 2.24) is 4.98 Å². The monoisotopic (exact) mass is 559 g/mol. The summed E-state index contributed by atoms with van der Waals surface area (Å²) in [6, 6.07) is 7.13. The number of nitrogens with zero attached hydrogens (tertiary/aromatic N) is 4. The average molecular weight is 560 g/mol. The van der Waals surface area contributed by atoms with Crippen molar-refractivity contribution < 1.29 is 35.9 Å². The number of hydrogen-bond acceptors (Lipinski definition) is 10. The van der Waals surface area contributed by atoms with E-state index < -0.39 is 32.7 Å². The molecule has 37 heavy (non-hydrogen) atoms. The lowest BCUT2D eigenvalue weighted by atomic mass is 10.1. The molecule has 1 heterocycles. The SMILES string of the molecule is COC(=O)c1ccc2nc(N=Nc3cc(OC)c(N(C)C(C)(C)C)cc3NS(=O)(=O)C(F)(F)F)sc2c1. The Kier molecular flexibility index (Phi) is 7.69. The number of methoxy groups -OCH3 is 2. The molecule has 0 saturated carbocycles. The first-order valence-corrected chi connectivity index (χ1v) is 12.8. The minimum Gasteiger partial charge on any atom is -0.494 e. The number of sulfonamides is 1. The Balaban J connectivity index is 2.11. The lowest BCUT2D eigenvalue weighted by Gasteiger charge is -2.35. The van der Waals surface area contributed by atoms with Gasteiger partial charge in [-0.1, -0.05) is 11.3 Å². The molecule has 1 N–H and O–H groups in total. The summed E-state index contributed by atoms with van der Waals surface area (Å²) in [5.74, 6) is -0.305. The summed E-state index contributed by atoms with van der Waals surface area (Å²) in [5.41, 5.74) is -5.60. The van der Waals surface area contributed by atoms with Gasteiger partial charge in [0.2, 0.25) is 5.13 Å². The summed E-state index contributed by atoms with van der Waals surface area (Å²) in [5, 5.41) is 8.08. The molecule has 0 aliphatic heterocycles. The van der Waals surface area contributed by atoms with Crippen LogP contribution >= 0.6 is 11.3 Å². The molecule has 0 unspecified atom stereocenters. The topological polar surface area (TPSA) is 123 Å². The number of alkyl halides is 3. The molecule has 0 bridgehead atoms. The van der Waals surface area contributed by atoms with E-state index in [-0.39, 0.29) is 16.6 Å². The Morgan fingerprint density at radius 3 is 2.35 bits per heavy atom. The number of fused-ring (bicyclic) bond motifs is 1. The smallest absolute Gasteiger partial charge is 0.494 e. The minimum atomic E-state index is -5.76. The van der Waals surface area contributed by atoms with Crippen LogP contribution in [-0.2, 0) is 14.8 Å². The number of halogens is 3. The van der Waals surface area contributed by atoms with E-state index in [4.69, 9.17) is 9.47 Å². The molecule has 0 saturated heterocycles. The number of esters is 1. The lowest BCUT2D eigenvalue weighted by molar-refractivity contribution is -0.0429. The molecule has 0 amide bonds. The highest BCUT2D eigenvalue weighted by atomic mass is 32.2. The number of carbonyl (C=O) groups is 1. The van der Waals surface area contributed by atoms with Crippen molar-refractivity contribution in [2.24, 2.45) is 10.2 Å². The van der Waals surface area contributed by atoms with E-state index in [1.165, 1.54) is 32.4 Å². The molecule has 2 aromatic carbocycles. The first kappa shape index (κ1) is 28.1. The molecule has 1 aromatic heterocycles. The van der Waals surface area contributed by atoms with Gasteiger partial charge >= 0.3 is 21.5 Å². The van der Waals surface area contributed by atoms with Crippen LogP contribution in [0.3, 0.4) is 0 Å². The Morgan fingerprint density at radius 1 is 1.11 bits per heavy atom. The van der Waals surface area contributed by atoms with Crippen molar-refractivity contribution in [3.05, 3.63) is 35.9 Å². The van der Waals surface area contributed by atoms with Gasteiger partial charge in [0.1, 0.15) is 11.4 Å². The third kappa shape index (κ3) is 6.10. The van der Waals surface area contributed by atoms with Crippen LogP contribution < -0.4 is 14.4 Å². The largest absolute Gasteiger partial charge is 0.516 e. The molecular formula is C22H24F3N5O5S2. The van der Waals surface area contributed by atoms with Crippen molar-refractivity contribution in [3.8, 4) is 5.75 Å². The van der Waals surface area contributed by atoms with Gasteiger partial charge in [0.15, 0.2) is 0 Å². The molecule has 15 heteroatoms. The molecular weight excluding hydrogens is 535 g/mol. The maximum absolute atomic E-state index is 13.1. The van der Waals surface area contributed by atoms with Gasteiger partial charge in [-0.25, -0.2) is 9.78 Å². The van der Waals surface area contributed by atoms with Crippen LogP contribution in [0.5, 0.6) is 5.75 Å². The first-order chi connectivity index (χ1) is 17.1. The van der Waals surface area contributed by atoms with E-state index in [2.05, 4.69) is 15.2 Å². The zero-order valence-corrected chi connectivity index (χ0v) is 22.3. The maximum Gasteiger partial charge on any atom is 0.516 e. The summed E-state index contributed by atoms with van der Waals surface area (Å²) >= 11 is 1.07. The third-order valence-corrected chi connectivity index (χ3v) is 7.26. The number of ether oxygens (including phenoxy) is 2. The highest BCUT2D eigenvalue weighted by Crippen LogP contribution is 2.42. The minimum absolute atomic E-state index is 0.122. The van der Waals surface area contributed by atoms with Gasteiger partial charge < -0.3 is 14.4 Å². The van der Waals surface area contributed by atoms with Crippen molar-refractivity contribution >= 4 is 59.7 Å². The Bertz CT molecular complexity index is 1460. The molecule has 0 fully saturated rings. The number of nitrogens with one attached hydrogen (secondary N) is 1. The second-order valence-electron chi connectivity index (χ2n) is 8.69. The number of azo groups is 1. The third-order valence-electron chi connectivity index (χ3n) is 5.26. The van der Waals surface area contributed by atoms with E-state index in [0.29, 0.717) is 21.5 Å². The van der Waals surface area contributed by atoms with Gasteiger partial charge in [0.05, 0.1) is 41.4 Å². The summed E-state index contributed by atoms with van der Waals surface area (Å²) in [7, 11) is -1.46. The van der Waals surface area contributed by atoms with Crippen LogP contribution in [0.1, 0.15) is 31.1 Å². The second kappa shape index (κ2) is 10.1. The molecule has 0 atom stereocenters. The van der Waals surface area contributed by atoms with Gasteiger partial charge in [0.25, 0.3) is 0 Å². The predicted molar refractivity (Wildman–Crippen MR) is 135 cm³/mol. The molecule has 3 rings (SSSR count). The highest BCUT2D eigenvalue weighted by molar-refractivity contribution is 7.93. The van der Waals surface area contributed by atoms with Gasteiger partial charge in [-0.2, -0.15) is 21.6 Å². The second-order valence-corrected chi connectivity index (χ2v) is 11.4. The van der Waals surface area contributed by atoms with Crippen LogP contribution in [0, 0.1) is 0 Å². The van der Waals surface area contributed by atoms with E-state index in [0.717, 1.165) is 11.3 Å². The zero-order valence-electron chi connectivity index (χ0n) is 20.7. The normalized spacial score (nSPS) is 12.7. The van der Waals surface area contributed by atoms with E-state index >= 15 is 0 Å². The van der Waals surface area contributed by atoms with Crippen molar-refractivity contribution in [1.29, 1.82) is 0 Å². The quantitative estimate of drug-likeness (QED) is 0.278. The zero-order chi connectivity index (χ0) is 27.8. The average Bonchev–Trinajstić information content (AvgIpc) is 3.22. The number of hydrogen-bond donors (Lipinski definition) is 1. The van der Waals surface area contributed by atoms with Crippen LogP contribution in [0.25, 0.3) is 10.2 Å². The van der Waals surface area contributed by atoms with E-state index in [9.17, 15) is 26.4 Å². The van der Waals surface area contributed by atoms with Crippen molar-refractivity contribution in [3.63, 3.8) is 0 Å². The maximum atomic E-state index is 13.1. The molecule has 10 nitrogen and oxygen atoms in total. The van der Waals surface area contributed by atoms with Crippen molar-refractivity contribution in [2.75, 3.05) is 30.9 Å². The number of benzene rings is 2. The fourth-order valence-electron chi connectivity index (χ4n) is 3.01. The van der Waals surface area contributed by atoms with Crippen LogP contribution in [0.4, 0.5) is 35.4 Å². The standard InChI is InChI=1S/C22H24F3N5O5S2/c1-21(2,3)30(4)16-10-15(29-37(32,33)22(23,24)25)14(11-17(16)34-5)27-28-20-26-13-8-7-12(19(31)35-6)9-18(13)36-20/h7-11,29H,1-6H3. The van der Waals surface area contributed by atoms with E-state index in [1.54, 1.807) is 28.8 Å². The molecule has 0 aliphatic rings. The number of rotatable bonds is 7. The van der Waals surface area contributed by atoms with Gasteiger partial charge in [-0.3, -0.25) is 4.72 Å². The predicted octanol–water partition coefficient (Wildman–Crippen LogP) is 6.00. The molecule has 3 aromatic rings. The molecule has 0 aliphatic carbocycles. The lowest BCUT2D eigenvalue weighted by Crippen LogP contribution is -2.38. The van der Waals surface area contributed by atoms with Crippen LogP contribution in [0.2, 0.25) is 0 Å². The number of thiazole rings is 1. The molecule has 0 radical (unpaired) electrons. The Labute approximate surface area is 215 Å². The highest BCUT2D eigenvalue weighted by Gasteiger charge is 2.46. The van der Waals surface area contributed by atoms with Crippen molar-refractivity contribution in [2.45, 2.75) is 31.8 Å². The first-order valence-electron chi connectivity index (χ1n) is 10.5. The van der Waals surface area contributed by atoms with Gasteiger partial charge in [-0.15, -0.1) is 10.2 Å². The van der Waals surface area contributed by atoms with E-state index in [1.807, 2.05) is 20.8 Å². The van der Waals surface area contributed by atoms with Crippen LogP contribution in [0.15, 0.2) is 40.6 Å². The summed E-state index contributed by atoms with van der Waals surface area (Å²) < 4.78 is 75.5. The Morgan fingerprint density at radius 2 is 1.78 bits per heavy atom. The summed E-state index contributed by atoms with van der Waals surface area (Å²) in [4.78, 5) is 17.7. The van der Waals surface area contributed by atoms with Gasteiger partial charge in [-0.05, 0) is 45.0 Å². The molecule has 200 valence electrons.